The van der Waals surface area contributed by atoms with Gasteiger partial charge in [0.05, 0.1) is 17.6 Å². The highest BCUT2D eigenvalue weighted by molar-refractivity contribution is 7.89. The maximum absolute atomic E-state index is 12.9. The van der Waals surface area contributed by atoms with E-state index >= 15 is 0 Å². The predicted molar refractivity (Wildman–Crippen MR) is 118 cm³/mol. The number of nitrogens with one attached hydrogen (secondary N) is 2. The summed E-state index contributed by atoms with van der Waals surface area (Å²) in [4.78, 5) is 17.1. The molecule has 0 fully saturated rings. The number of aromatic amines is 1. The van der Waals surface area contributed by atoms with Gasteiger partial charge in [0.15, 0.2) is 5.82 Å². The normalized spacial score (nSPS) is 11.5. The first kappa shape index (κ1) is 22.4. The van der Waals surface area contributed by atoms with E-state index in [-0.39, 0.29) is 16.4 Å². The Balaban J connectivity index is 1.86. The Kier molecular flexibility index (Phi) is 6.71. The molecule has 164 valence electrons. The third-order valence-corrected chi connectivity index (χ3v) is 7.04. The van der Waals surface area contributed by atoms with E-state index < -0.39 is 15.9 Å². The summed E-state index contributed by atoms with van der Waals surface area (Å²) in [5.74, 6) is 0.601. The van der Waals surface area contributed by atoms with Crippen molar-refractivity contribution in [3.8, 4) is 17.1 Å². The van der Waals surface area contributed by atoms with Crippen molar-refractivity contribution in [2.45, 2.75) is 25.7 Å². The Bertz CT molecular complexity index is 1190. The number of methoxy groups -OCH3 is 1. The first-order valence-corrected chi connectivity index (χ1v) is 11.2. The molecule has 0 atom stereocenters. The van der Waals surface area contributed by atoms with Crippen molar-refractivity contribution in [2.24, 2.45) is 0 Å². The van der Waals surface area contributed by atoms with Crippen LogP contribution in [0.25, 0.3) is 11.4 Å². The molecule has 9 nitrogen and oxygen atoms in total. The van der Waals surface area contributed by atoms with Gasteiger partial charge in [-0.1, -0.05) is 32.0 Å². The molecule has 10 heteroatoms. The van der Waals surface area contributed by atoms with E-state index in [1.165, 1.54) is 10.4 Å². The second-order valence-electron chi connectivity index (χ2n) is 6.73. The molecule has 2 N–H and O–H groups in total. The number of H-pyrrole nitrogens is 1. The molecule has 0 aliphatic heterocycles. The molecule has 1 aromatic heterocycles. The molecule has 0 radical (unpaired) electrons. The zero-order valence-corrected chi connectivity index (χ0v) is 18.7. The summed E-state index contributed by atoms with van der Waals surface area (Å²) in [6.07, 6.45) is 0. The quantitative estimate of drug-likeness (QED) is 0.553. The van der Waals surface area contributed by atoms with E-state index in [9.17, 15) is 13.2 Å². The van der Waals surface area contributed by atoms with E-state index in [2.05, 4.69) is 20.5 Å². The average molecular weight is 444 g/mol. The van der Waals surface area contributed by atoms with Crippen LogP contribution in [0.5, 0.6) is 5.75 Å². The first-order chi connectivity index (χ1) is 14.8. The van der Waals surface area contributed by atoms with Gasteiger partial charge in [-0.3, -0.25) is 15.2 Å². The molecule has 0 saturated heterocycles. The summed E-state index contributed by atoms with van der Waals surface area (Å²) >= 11 is 0. The minimum atomic E-state index is -3.70. The van der Waals surface area contributed by atoms with Crippen LogP contribution in [0.2, 0.25) is 0 Å². The molecule has 3 aromatic rings. The number of amides is 1. The maximum atomic E-state index is 12.9. The van der Waals surface area contributed by atoms with Crippen LogP contribution < -0.4 is 10.1 Å². The monoisotopic (exact) mass is 443 g/mol. The van der Waals surface area contributed by atoms with Crippen LogP contribution >= 0.6 is 0 Å². The fourth-order valence-electron chi connectivity index (χ4n) is 3.17. The van der Waals surface area contributed by atoms with Crippen molar-refractivity contribution in [3.63, 3.8) is 0 Å². The topological polar surface area (TPSA) is 117 Å². The van der Waals surface area contributed by atoms with Gasteiger partial charge < -0.3 is 4.74 Å². The smallest absolute Gasteiger partial charge is 0.258 e. The van der Waals surface area contributed by atoms with E-state index in [1.807, 2.05) is 18.2 Å². The molecule has 0 spiro atoms. The molecule has 0 bridgehead atoms. The highest BCUT2D eigenvalue weighted by atomic mass is 32.2. The van der Waals surface area contributed by atoms with Gasteiger partial charge in [-0.05, 0) is 36.8 Å². The molecule has 2 aromatic carbocycles. The maximum Gasteiger partial charge on any atom is 0.258 e. The Morgan fingerprint density at radius 2 is 1.87 bits per heavy atom. The van der Waals surface area contributed by atoms with Crippen LogP contribution in [0.1, 0.15) is 29.8 Å². The molecular weight excluding hydrogens is 418 g/mol. The second-order valence-corrected chi connectivity index (χ2v) is 8.64. The van der Waals surface area contributed by atoms with Crippen LogP contribution in [0.3, 0.4) is 0 Å². The molecule has 0 saturated carbocycles. The van der Waals surface area contributed by atoms with Crippen LogP contribution in [-0.4, -0.2) is 54.0 Å². The van der Waals surface area contributed by atoms with Crippen molar-refractivity contribution < 1.29 is 17.9 Å². The number of benzene rings is 2. The minimum absolute atomic E-state index is 0.0691. The Labute approximate surface area is 181 Å². The third-order valence-electron chi connectivity index (χ3n) is 4.85. The summed E-state index contributed by atoms with van der Waals surface area (Å²) in [6, 6.07) is 11.8. The fraction of sp³-hybridized carbons (Fsp3) is 0.286. The number of rotatable bonds is 8. The first-order valence-electron chi connectivity index (χ1n) is 9.79. The number of nitrogens with zero attached hydrogens (tertiary/aromatic N) is 3. The van der Waals surface area contributed by atoms with E-state index in [4.69, 9.17) is 4.74 Å². The number of ether oxygens (including phenoxy) is 1. The van der Waals surface area contributed by atoms with Gasteiger partial charge in [0.2, 0.25) is 16.0 Å². The highest BCUT2D eigenvalue weighted by Crippen LogP contribution is 2.27. The lowest BCUT2D eigenvalue weighted by Gasteiger charge is -2.20. The van der Waals surface area contributed by atoms with Crippen molar-refractivity contribution in [1.29, 1.82) is 0 Å². The lowest BCUT2D eigenvalue weighted by atomic mass is 10.1. The molecule has 0 unspecified atom stereocenters. The molecule has 0 aliphatic carbocycles. The van der Waals surface area contributed by atoms with Crippen molar-refractivity contribution >= 4 is 21.9 Å². The van der Waals surface area contributed by atoms with Gasteiger partial charge >= 0.3 is 0 Å². The molecule has 31 heavy (non-hydrogen) atoms. The molecule has 3 rings (SSSR count). The Morgan fingerprint density at radius 3 is 2.55 bits per heavy atom. The molecule has 1 amide bonds. The van der Waals surface area contributed by atoms with Gasteiger partial charge in [-0.15, -0.1) is 5.10 Å². The minimum Gasteiger partial charge on any atom is -0.496 e. The Hall–Kier alpha value is -3.24. The summed E-state index contributed by atoms with van der Waals surface area (Å²) in [5.41, 5.74) is 1.46. The zero-order valence-electron chi connectivity index (χ0n) is 17.8. The van der Waals surface area contributed by atoms with Crippen LogP contribution in [0.15, 0.2) is 47.4 Å². The number of carbonyl (C=O) groups is 1. The lowest BCUT2D eigenvalue weighted by molar-refractivity contribution is 0.102. The Morgan fingerprint density at radius 1 is 1.16 bits per heavy atom. The molecular formula is C21H25N5O4S. The van der Waals surface area contributed by atoms with Crippen molar-refractivity contribution in [2.75, 3.05) is 25.5 Å². The van der Waals surface area contributed by atoms with Gasteiger partial charge in [0, 0.05) is 18.7 Å². The number of aromatic nitrogens is 3. The van der Waals surface area contributed by atoms with Crippen molar-refractivity contribution in [3.05, 3.63) is 53.6 Å². The van der Waals surface area contributed by atoms with Gasteiger partial charge in [-0.2, -0.15) is 9.29 Å². The number of anilines is 1. The number of aryl methyl sites for hydroxylation is 1. The summed E-state index contributed by atoms with van der Waals surface area (Å²) < 4.78 is 32.5. The van der Waals surface area contributed by atoms with E-state index in [1.54, 1.807) is 46.1 Å². The third kappa shape index (κ3) is 4.59. The average Bonchev–Trinajstić information content (AvgIpc) is 3.22. The summed E-state index contributed by atoms with van der Waals surface area (Å²) in [6.45, 7) is 5.94. The highest BCUT2D eigenvalue weighted by Gasteiger charge is 2.25. The summed E-state index contributed by atoms with van der Waals surface area (Å²) in [5, 5.41) is 9.40. The molecule has 0 aliphatic rings. The number of para-hydroxylation sites is 1. The van der Waals surface area contributed by atoms with Gasteiger partial charge in [0.25, 0.3) is 5.91 Å². The standard InChI is InChI=1S/C21H25N5O4S/c1-5-26(6-2)31(28,29)18-13-15(12-11-14(18)3)20(27)23-21-22-19(24-25-21)16-9-7-8-10-17(16)30-4/h7-13H,5-6H2,1-4H3,(H2,22,23,24,25,27). The largest absolute Gasteiger partial charge is 0.496 e. The number of carbonyl (C=O) groups excluding carboxylic acids is 1. The predicted octanol–water partition coefficient (Wildman–Crippen LogP) is 3.07. The van der Waals surface area contributed by atoms with E-state index in [0.717, 1.165) is 0 Å². The SMILES string of the molecule is CCN(CC)S(=O)(=O)c1cc(C(=O)Nc2n[nH]c(-c3ccccc3OC)n2)ccc1C. The number of hydrogen-bond acceptors (Lipinski definition) is 6. The zero-order chi connectivity index (χ0) is 22.6. The van der Waals surface area contributed by atoms with Gasteiger partial charge in [0.1, 0.15) is 5.75 Å². The van der Waals surface area contributed by atoms with Crippen LogP contribution in [0.4, 0.5) is 5.95 Å². The lowest BCUT2D eigenvalue weighted by Crippen LogP contribution is -2.31. The number of hydrogen-bond donors (Lipinski definition) is 2. The van der Waals surface area contributed by atoms with Crippen LogP contribution in [-0.2, 0) is 10.0 Å². The summed E-state index contributed by atoms with van der Waals surface area (Å²) in [7, 11) is -2.14. The van der Waals surface area contributed by atoms with E-state index in [0.29, 0.717) is 35.8 Å². The van der Waals surface area contributed by atoms with Crippen molar-refractivity contribution in [1.82, 2.24) is 19.5 Å². The van der Waals surface area contributed by atoms with Crippen LogP contribution in [0, 0.1) is 6.92 Å². The second kappa shape index (κ2) is 9.27. The fourth-order valence-corrected chi connectivity index (χ4v) is 4.88. The number of sulfonamides is 1. The molecule has 1 heterocycles. The van der Waals surface area contributed by atoms with Gasteiger partial charge in [-0.25, -0.2) is 8.42 Å².